The summed E-state index contributed by atoms with van der Waals surface area (Å²) in [6, 6.07) is 8.91. The van der Waals surface area contributed by atoms with Crippen LogP contribution >= 0.6 is 11.8 Å². The fourth-order valence-corrected chi connectivity index (χ4v) is 2.10. The van der Waals surface area contributed by atoms with E-state index in [0.29, 0.717) is 12.0 Å². The van der Waals surface area contributed by atoms with Gasteiger partial charge in [0.2, 0.25) is 0 Å². The maximum Gasteiger partial charge on any atom is 0.189 e. The van der Waals surface area contributed by atoms with Gasteiger partial charge < -0.3 is 11.1 Å². The Labute approximate surface area is 94.2 Å². The molecular weight excluding hydrogens is 206 g/mol. The molecule has 1 aliphatic heterocycles. The van der Waals surface area contributed by atoms with Gasteiger partial charge in [-0.1, -0.05) is 12.1 Å². The highest BCUT2D eigenvalue weighted by molar-refractivity contribution is 7.98. The minimum atomic E-state index is 0.318. The largest absolute Gasteiger partial charge is 0.370 e. The molecule has 3 nitrogen and oxygen atoms in total. The number of nitrogens with one attached hydrogen (secondary N) is 1. The highest BCUT2D eigenvalue weighted by Crippen LogP contribution is 2.22. The molecule has 80 valence electrons. The van der Waals surface area contributed by atoms with Crippen molar-refractivity contribution >= 4 is 17.7 Å². The van der Waals surface area contributed by atoms with Crippen LogP contribution < -0.4 is 11.1 Å². The van der Waals surface area contributed by atoms with Crippen LogP contribution in [0.3, 0.4) is 0 Å². The predicted octanol–water partition coefficient (Wildman–Crippen LogP) is 1.76. The highest BCUT2D eigenvalue weighted by atomic mass is 32.2. The number of benzene rings is 1. The van der Waals surface area contributed by atoms with Gasteiger partial charge in [-0.05, 0) is 30.4 Å². The molecule has 1 atom stereocenters. The van der Waals surface area contributed by atoms with Crippen LogP contribution in [0.4, 0.5) is 0 Å². The summed E-state index contributed by atoms with van der Waals surface area (Å²) in [5.41, 5.74) is 6.94. The molecule has 1 aromatic rings. The molecule has 2 rings (SSSR count). The summed E-state index contributed by atoms with van der Waals surface area (Å²) in [5, 5.41) is 3.19. The topological polar surface area (TPSA) is 50.4 Å². The molecule has 0 radical (unpaired) electrons. The van der Waals surface area contributed by atoms with Crippen LogP contribution in [0.2, 0.25) is 0 Å². The van der Waals surface area contributed by atoms with Crippen molar-refractivity contribution in [3.05, 3.63) is 29.8 Å². The average Bonchev–Trinajstić information content (AvgIpc) is 2.29. The van der Waals surface area contributed by atoms with E-state index >= 15 is 0 Å². The molecule has 1 aliphatic rings. The van der Waals surface area contributed by atoms with Crippen molar-refractivity contribution in [1.29, 1.82) is 0 Å². The Morgan fingerprint density at radius 2 is 2.13 bits per heavy atom. The first-order valence-electron chi connectivity index (χ1n) is 5.00. The van der Waals surface area contributed by atoms with Gasteiger partial charge in [-0.15, -0.1) is 11.8 Å². The minimum Gasteiger partial charge on any atom is -0.370 e. The number of aliphatic imine (C=N–C) groups is 1. The Hall–Kier alpha value is -1.16. The first-order valence-corrected chi connectivity index (χ1v) is 6.22. The SMILES string of the molecule is CSc1ccc(C2CCN=C(N)N2)cc1. The third-order valence-corrected chi connectivity index (χ3v) is 3.28. The Kier molecular flexibility index (Phi) is 3.16. The molecular formula is C11H15N3S. The van der Waals surface area contributed by atoms with Crippen LogP contribution in [0.5, 0.6) is 0 Å². The van der Waals surface area contributed by atoms with Crippen molar-refractivity contribution < 1.29 is 0 Å². The van der Waals surface area contributed by atoms with Gasteiger partial charge in [-0.3, -0.25) is 4.99 Å². The number of nitrogens with zero attached hydrogens (tertiary/aromatic N) is 1. The molecule has 4 heteroatoms. The lowest BCUT2D eigenvalue weighted by molar-refractivity contribution is 0.568. The predicted molar refractivity (Wildman–Crippen MR) is 65.2 cm³/mol. The molecule has 3 N–H and O–H groups in total. The number of thioether (sulfide) groups is 1. The Morgan fingerprint density at radius 1 is 1.40 bits per heavy atom. The lowest BCUT2D eigenvalue weighted by Gasteiger charge is -2.23. The van der Waals surface area contributed by atoms with E-state index in [9.17, 15) is 0 Å². The molecule has 0 aliphatic carbocycles. The van der Waals surface area contributed by atoms with Crippen LogP contribution in [0.25, 0.3) is 0 Å². The van der Waals surface area contributed by atoms with E-state index in [1.807, 2.05) is 0 Å². The quantitative estimate of drug-likeness (QED) is 0.748. The molecule has 1 aromatic carbocycles. The second kappa shape index (κ2) is 4.57. The zero-order valence-corrected chi connectivity index (χ0v) is 9.55. The van der Waals surface area contributed by atoms with E-state index < -0.39 is 0 Å². The van der Waals surface area contributed by atoms with E-state index in [2.05, 4.69) is 40.8 Å². The molecule has 0 saturated heterocycles. The molecule has 0 aromatic heterocycles. The van der Waals surface area contributed by atoms with E-state index in [1.165, 1.54) is 10.5 Å². The summed E-state index contributed by atoms with van der Waals surface area (Å²) in [6.07, 6.45) is 3.10. The van der Waals surface area contributed by atoms with Gasteiger partial charge in [0.05, 0.1) is 6.04 Å². The van der Waals surface area contributed by atoms with E-state index in [1.54, 1.807) is 11.8 Å². The molecule has 0 saturated carbocycles. The van der Waals surface area contributed by atoms with Crippen molar-refractivity contribution in [1.82, 2.24) is 5.32 Å². The van der Waals surface area contributed by atoms with Crippen LogP contribution in [0.1, 0.15) is 18.0 Å². The molecule has 0 amide bonds. The summed E-state index contributed by atoms with van der Waals surface area (Å²) in [6.45, 7) is 0.813. The molecule has 0 spiro atoms. The number of hydrogen-bond acceptors (Lipinski definition) is 4. The fourth-order valence-electron chi connectivity index (χ4n) is 1.70. The number of guanidine groups is 1. The Balaban J connectivity index is 2.12. The Morgan fingerprint density at radius 3 is 2.73 bits per heavy atom. The van der Waals surface area contributed by atoms with Gasteiger partial charge in [0.1, 0.15) is 0 Å². The monoisotopic (exact) mass is 221 g/mol. The van der Waals surface area contributed by atoms with Gasteiger partial charge in [-0.25, -0.2) is 0 Å². The maximum atomic E-state index is 5.65. The van der Waals surface area contributed by atoms with Crippen molar-refractivity contribution in [3.8, 4) is 0 Å². The number of hydrogen-bond donors (Lipinski definition) is 2. The molecule has 15 heavy (non-hydrogen) atoms. The van der Waals surface area contributed by atoms with Gasteiger partial charge in [0, 0.05) is 11.4 Å². The highest BCUT2D eigenvalue weighted by Gasteiger charge is 2.15. The van der Waals surface area contributed by atoms with Crippen LogP contribution in [0, 0.1) is 0 Å². The van der Waals surface area contributed by atoms with Crippen molar-refractivity contribution in [3.63, 3.8) is 0 Å². The fraction of sp³-hybridized carbons (Fsp3) is 0.364. The smallest absolute Gasteiger partial charge is 0.189 e. The van der Waals surface area contributed by atoms with Gasteiger partial charge in [0.15, 0.2) is 5.96 Å². The first-order chi connectivity index (χ1) is 7.29. The van der Waals surface area contributed by atoms with Crippen molar-refractivity contribution in [2.45, 2.75) is 17.4 Å². The van der Waals surface area contributed by atoms with Crippen LogP contribution in [0.15, 0.2) is 34.2 Å². The van der Waals surface area contributed by atoms with Crippen molar-refractivity contribution in [2.75, 3.05) is 12.8 Å². The van der Waals surface area contributed by atoms with Gasteiger partial charge in [0.25, 0.3) is 0 Å². The number of rotatable bonds is 2. The molecule has 0 fully saturated rings. The zero-order valence-electron chi connectivity index (χ0n) is 8.73. The Bertz CT molecular complexity index is 359. The zero-order chi connectivity index (χ0) is 10.7. The molecule has 1 unspecified atom stereocenters. The molecule has 1 heterocycles. The summed E-state index contributed by atoms with van der Waals surface area (Å²) >= 11 is 1.76. The van der Waals surface area contributed by atoms with E-state index in [0.717, 1.165) is 13.0 Å². The number of nitrogens with two attached hydrogens (primary N) is 1. The normalized spacial score (nSPS) is 20.6. The second-order valence-corrected chi connectivity index (χ2v) is 4.41. The summed E-state index contributed by atoms with van der Waals surface area (Å²) < 4.78 is 0. The minimum absolute atomic E-state index is 0.318. The first kappa shape index (κ1) is 10.4. The summed E-state index contributed by atoms with van der Waals surface area (Å²) in [4.78, 5) is 5.41. The van der Waals surface area contributed by atoms with Crippen molar-refractivity contribution in [2.24, 2.45) is 10.7 Å². The lowest BCUT2D eigenvalue weighted by atomic mass is 10.0. The standard InChI is InChI=1S/C11H15N3S/c1-15-9-4-2-8(3-5-9)10-6-7-13-11(12)14-10/h2-5,10H,6-7H2,1H3,(H3,12,13,14). The van der Waals surface area contributed by atoms with Gasteiger partial charge >= 0.3 is 0 Å². The maximum absolute atomic E-state index is 5.65. The van der Waals surface area contributed by atoms with Gasteiger partial charge in [-0.2, -0.15) is 0 Å². The van der Waals surface area contributed by atoms with E-state index in [-0.39, 0.29) is 0 Å². The summed E-state index contributed by atoms with van der Waals surface area (Å²) in [7, 11) is 0. The van der Waals surface area contributed by atoms with E-state index in [4.69, 9.17) is 5.73 Å². The molecule has 0 bridgehead atoms. The third kappa shape index (κ3) is 2.45. The average molecular weight is 221 g/mol. The second-order valence-electron chi connectivity index (χ2n) is 3.53. The van der Waals surface area contributed by atoms with Crippen LogP contribution in [-0.4, -0.2) is 18.8 Å². The van der Waals surface area contributed by atoms with Crippen LogP contribution in [-0.2, 0) is 0 Å². The lowest BCUT2D eigenvalue weighted by Crippen LogP contribution is -2.38. The summed E-state index contributed by atoms with van der Waals surface area (Å²) in [5.74, 6) is 0.556. The third-order valence-electron chi connectivity index (χ3n) is 2.54.